The normalized spacial score (nSPS) is 12.5. The molecule has 0 atom stereocenters. The fraction of sp³-hybridized carbons (Fsp3) is 0.955. The third-order valence-corrected chi connectivity index (χ3v) is 18.0. The standard InChI is InChI=1S/C67H136N6O10S2/c1-12-14-16-18-20-22-24-26-28-30-32-34-36-38-40-44-60-84(77,78)69-51-47-53-71(54-48-52-70-85(79,80)61-45-41-39-37-35-33-31-29-27-25-23-21-19-17-15-13-2)55-49-59-73(64(76)83-67(9,10)11)57-43-42-56-72(63(75)82-66(6,7)8)58-46-50-68-62(74)81-65(3,4)5/h69-70H,12-61H2,1-11H3,(H,68,74). The minimum absolute atomic E-state index is 0.127. The van der Waals surface area contributed by atoms with E-state index < -0.39 is 55.1 Å². The van der Waals surface area contributed by atoms with Gasteiger partial charge < -0.3 is 34.2 Å². The summed E-state index contributed by atoms with van der Waals surface area (Å²) in [5, 5.41) is 2.75. The van der Waals surface area contributed by atoms with Gasteiger partial charge in [-0.2, -0.15) is 0 Å². The van der Waals surface area contributed by atoms with Crippen LogP contribution in [0.1, 0.15) is 320 Å². The molecule has 16 nitrogen and oxygen atoms in total. The van der Waals surface area contributed by atoms with Gasteiger partial charge in [-0.1, -0.05) is 206 Å². The summed E-state index contributed by atoms with van der Waals surface area (Å²) in [5.41, 5.74) is -2.02. The van der Waals surface area contributed by atoms with Gasteiger partial charge in [0, 0.05) is 45.8 Å². The van der Waals surface area contributed by atoms with E-state index in [4.69, 9.17) is 14.2 Å². The number of nitrogens with zero attached hydrogens (tertiary/aromatic N) is 3. The zero-order valence-corrected chi connectivity index (χ0v) is 58.7. The van der Waals surface area contributed by atoms with Crippen molar-refractivity contribution in [2.24, 2.45) is 0 Å². The van der Waals surface area contributed by atoms with E-state index in [-0.39, 0.29) is 11.5 Å². The Balaban J connectivity index is 5.37. The summed E-state index contributed by atoms with van der Waals surface area (Å²) in [6, 6.07) is 0. The van der Waals surface area contributed by atoms with Crippen LogP contribution in [-0.2, 0) is 34.3 Å². The molecule has 85 heavy (non-hydrogen) atoms. The van der Waals surface area contributed by atoms with Gasteiger partial charge in [0.15, 0.2) is 0 Å². The number of carbonyl (C=O) groups excluding carboxylic acids is 3. The average Bonchev–Trinajstić information content (AvgIpc) is 3.50. The molecule has 18 heteroatoms. The van der Waals surface area contributed by atoms with Gasteiger partial charge in [0.05, 0.1) is 11.5 Å². The summed E-state index contributed by atoms with van der Waals surface area (Å²) in [6.45, 7) is 25.3. The Morgan fingerprint density at radius 3 is 0.882 bits per heavy atom. The molecule has 0 aliphatic heterocycles. The molecule has 506 valence electrons. The minimum Gasteiger partial charge on any atom is -0.444 e. The van der Waals surface area contributed by atoms with Crippen LogP contribution >= 0.6 is 0 Å². The second kappa shape index (κ2) is 51.3. The van der Waals surface area contributed by atoms with Crippen molar-refractivity contribution in [3.63, 3.8) is 0 Å². The fourth-order valence-corrected chi connectivity index (χ4v) is 12.7. The van der Waals surface area contributed by atoms with Crippen LogP contribution in [0.3, 0.4) is 0 Å². The number of unbranched alkanes of at least 4 members (excludes halogenated alkanes) is 31. The van der Waals surface area contributed by atoms with Gasteiger partial charge in [-0.25, -0.2) is 40.7 Å². The highest BCUT2D eigenvalue weighted by molar-refractivity contribution is 7.89. The van der Waals surface area contributed by atoms with Crippen LogP contribution in [0, 0.1) is 0 Å². The van der Waals surface area contributed by atoms with E-state index in [0.29, 0.717) is 117 Å². The molecule has 3 amide bonds. The molecule has 0 saturated heterocycles. The Kier molecular flexibility index (Phi) is 49.9. The quantitative estimate of drug-likeness (QED) is 0.0388. The lowest BCUT2D eigenvalue weighted by molar-refractivity contribution is 0.0204. The molecule has 0 unspecified atom stereocenters. The van der Waals surface area contributed by atoms with Crippen molar-refractivity contribution in [3.8, 4) is 0 Å². The van der Waals surface area contributed by atoms with Crippen LogP contribution < -0.4 is 14.8 Å². The summed E-state index contributed by atoms with van der Waals surface area (Å²) >= 11 is 0. The number of rotatable bonds is 57. The second-order valence-corrected chi connectivity index (χ2v) is 31.2. The number of hydrogen-bond acceptors (Lipinski definition) is 11. The van der Waals surface area contributed by atoms with E-state index in [0.717, 1.165) is 38.5 Å². The molecule has 0 bridgehead atoms. The summed E-state index contributed by atoms with van der Waals surface area (Å²) < 4.78 is 74.7. The molecule has 0 aliphatic carbocycles. The van der Waals surface area contributed by atoms with Crippen LogP contribution in [0.2, 0.25) is 0 Å². The Bertz CT molecular complexity index is 1760. The minimum atomic E-state index is -3.41. The summed E-state index contributed by atoms with van der Waals surface area (Å²) in [7, 11) is -6.82. The molecular formula is C67H136N6O10S2. The summed E-state index contributed by atoms with van der Waals surface area (Å²) in [5.74, 6) is 0.253. The zero-order valence-electron chi connectivity index (χ0n) is 57.1. The van der Waals surface area contributed by atoms with Crippen molar-refractivity contribution < 1.29 is 45.4 Å². The van der Waals surface area contributed by atoms with Gasteiger partial charge in [0.1, 0.15) is 16.8 Å². The maximum Gasteiger partial charge on any atom is 0.410 e. The van der Waals surface area contributed by atoms with Crippen LogP contribution in [0.4, 0.5) is 14.4 Å². The number of ether oxygens (including phenoxy) is 3. The first kappa shape index (κ1) is 82.6. The first-order valence-electron chi connectivity index (χ1n) is 34.9. The number of amides is 3. The van der Waals surface area contributed by atoms with Crippen LogP contribution in [-0.4, -0.2) is 144 Å². The van der Waals surface area contributed by atoms with Crippen molar-refractivity contribution in [1.29, 1.82) is 0 Å². The van der Waals surface area contributed by atoms with E-state index >= 15 is 0 Å². The third kappa shape index (κ3) is 57.8. The van der Waals surface area contributed by atoms with Gasteiger partial charge in [-0.05, 0) is 133 Å². The largest absolute Gasteiger partial charge is 0.444 e. The lowest BCUT2D eigenvalue weighted by atomic mass is 10.0. The molecule has 3 N–H and O–H groups in total. The molecule has 0 heterocycles. The maximum atomic E-state index is 13.6. The number of hydrogen-bond donors (Lipinski definition) is 3. The van der Waals surface area contributed by atoms with Gasteiger partial charge in [-0.15, -0.1) is 0 Å². The van der Waals surface area contributed by atoms with E-state index in [1.54, 1.807) is 30.6 Å². The monoisotopic (exact) mass is 1250 g/mol. The van der Waals surface area contributed by atoms with Crippen LogP contribution in [0.25, 0.3) is 0 Å². The van der Waals surface area contributed by atoms with Gasteiger partial charge in [0.25, 0.3) is 0 Å². The molecule has 0 aromatic heterocycles. The molecule has 0 aromatic carbocycles. The SMILES string of the molecule is CCCCCCCCCCCCCCCCCCS(=O)(=O)NCCCN(CCCNS(=O)(=O)CCCCCCCCCCCCCCCCCC)CCCN(CCCCN(CCCNC(=O)OC(C)(C)C)C(=O)OC(C)(C)C)C(=O)OC(C)(C)C. The molecule has 0 radical (unpaired) electrons. The van der Waals surface area contributed by atoms with Crippen molar-refractivity contribution in [1.82, 2.24) is 29.5 Å². The van der Waals surface area contributed by atoms with Crippen molar-refractivity contribution >= 4 is 38.3 Å². The van der Waals surface area contributed by atoms with E-state index in [1.165, 1.54) is 154 Å². The van der Waals surface area contributed by atoms with Crippen LogP contribution in [0.5, 0.6) is 0 Å². The first-order chi connectivity index (χ1) is 40.3. The predicted octanol–water partition coefficient (Wildman–Crippen LogP) is 17.0. The van der Waals surface area contributed by atoms with E-state index in [2.05, 4.69) is 33.5 Å². The smallest absolute Gasteiger partial charge is 0.410 e. The first-order valence-corrected chi connectivity index (χ1v) is 38.2. The number of sulfonamides is 2. The fourth-order valence-electron chi connectivity index (χ4n) is 10.3. The molecule has 0 saturated carbocycles. The number of alkyl carbamates (subject to hydrolysis) is 1. The molecule has 0 fully saturated rings. The van der Waals surface area contributed by atoms with E-state index in [9.17, 15) is 31.2 Å². The summed E-state index contributed by atoms with van der Waals surface area (Å²) in [4.78, 5) is 44.7. The maximum absolute atomic E-state index is 13.6. The molecule has 0 rings (SSSR count). The van der Waals surface area contributed by atoms with Crippen molar-refractivity contribution in [3.05, 3.63) is 0 Å². The van der Waals surface area contributed by atoms with Crippen molar-refractivity contribution in [2.75, 3.05) is 77.0 Å². The number of nitrogens with one attached hydrogen (secondary N) is 3. The zero-order chi connectivity index (χ0) is 63.6. The Morgan fingerprint density at radius 1 is 0.318 bits per heavy atom. The van der Waals surface area contributed by atoms with E-state index in [1.807, 2.05) is 41.5 Å². The highest BCUT2D eigenvalue weighted by atomic mass is 32.2. The third-order valence-electron chi connectivity index (χ3n) is 15.1. The highest BCUT2D eigenvalue weighted by Gasteiger charge is 2.25. The Labute approximate surface area is 524 Å². The molecular weight excluding hydrogens is 1110 g/mol. The van der Waals surface area contributed by atoms with Gasteiger partial charge >= 0.3 is 18.3 Å². The highest BCUT2D eigenvalue weighted by Crippen LogP contribution is 2.18. The Hall–Kier alpha value is -2.41. The molecule has 0 spiro atoms. The second-order valence-electron chi connectivity index (χ2n) is 27.4. The molecule has 0 aliphatic rings. The average molecular weight is 1250 g/mol. The lowest BCUT2D eigenvalue weighted by Crippen LogP contribution is -2.41. The van der Waals surface area contributed by atoms with Gasteiger partial charge in [-0.3, -0.25) is 0 Å². The van der Waals surface area contributed by atoms with Crippen LogP contribution in [0.15, 0.2) is 0 Å². The van der Waals surface area contributed by atoms with Gasteiger partial charge in [0.2, 0.25) is 20.0 Å². The lowest BCUT2D eigenvalue weighted by Gasteiger charge is -2.30. The predicted molar refractivity (Wildman–Crippen MR) is 357 cm³/mol. The molecule has 0 aromatic rings. The van der Waals surface area contributed by atoms with Crippen molar-refractivity contribution in [2.45, 2.75) is 337 Å². The summed E-state index contributed by atoms with van der Waals surface area (Å²) in [6.07, 6.45) is 41.7. The topological polar surface area (TPSA) is 193 Å². The number of carbonyl (C=O) groups is 3. The Morgan fingerprint density at radius 2 is 0.576 bits per heavy atom.